The first-order chi connectivity index (χ1) is 11.6. The maximum Gasteiger partial charge on any atom is 0.254 e. The first-order valence-electron chi connectivity index (χ1n) is 8.07. The molecule has 1 atom stereocenters. The van der Waals surface area contributed by atoms with E-state index in [0.717, 1.165) is 28.8 Å². The van der Waals surface area contributed by atoms with Crippen LogP contribution in [-0.2, 0) is 16.1 Å². The van der Waals surface area contributed by atoms with Gasteiger partial charge in [-0.25, -0.2) is 0 Å². The Kier molecular flexibility index (Phi) is 5.66. The highest BCUT2D eigenvalue weighted by atomic mass is 79.9. The summed E-state index contributed by atoms with van der Waals surface area (Å²) in [4.78, 5) is 14.8. The van der Waals surface area contributed by atoms with Gasteiger partial charge in [0.15, 0.2) is 0 Å². The van der Waals surface area contributed by atoms with Gasteiger partial charge in [0.1, 0.15) is 6.10 Å². The van der Waals surface area contributed by atoms with Crippen molar-refractivity contribution in [2.45, 2.75) is 19.6 Å². The van der Waals surface area contributed by atoms with E-state index in [2.05, 4.69) is 38.3 Å². The van der Waals surface area contributed by atoms with E-state index in [9.17, 15) is 4.79 Å². The Balaban J connectivity index is 1.60. The fourth-order valence-corrected chi connectivity index (χ4v) is 3.37. The van der Waals surface area contributed by atoms with E-state index in [1.807, 2.05) is 43.3 Å². The number of benzene rings is 2. The molecule has 0 aromatic heterocycles. The third kappa shape index (κ3) is 4.44. The Morgan fingerprint density at radius 2 is 2.08 bits per heavy atom. The number of rotatable bonds is 4. The first kappa shape index (κ1) is 17.1. The minimum atomic E-state index is -0.448. The second-order valence-corrected chi connectivity index (χ2v) is 6.91. The SMILES string of the molecule is Cc1ccc(NC(=O)C2CN(Cc3ccccc3)CCO2)c(Br)c1. The normalized spacial score (nSPS) is 18.3. The van der Waals surface area contributed by atoms with E-state index in [0.29, 0.717) is 13.2 Å². The molecule has 24 heavy (non-hydrogen) atoms. The number of morpholine rings is 1. The number of nitrogens with one attached hydrogen (secondary N) is 1. The highest BCUT2D eigenvalue weighted by molar-refractivity contribution is 9.10. The van der Waals surface area contributed by atoms with E-state index in [1.54, 1.807) is 0 Å². The maximum absolute atomic E-state index is 12.5. The number of ether oxygens (including phenoxy) is 1. The fourth-order valence-electron chi connectivity index (χ4n) is 2.78. The number of anilines is 1. The molecule has 1 fully saturated rings. The summed E-state index contributed by atoms with van der Waals surface area (Å²) in [5.41, 5.74) is 3.16. The number of carbonyl (C=O) groups excluding carboxylic acids is 1. The van der Waals surface area contributed by atoms with Crippen molar-refractivity contribution in [2.75, 3.05) is 25.0 Å². The molecule has 1 unspecified atom stereocenters. The lowest BCUT2D eigenvalue weighted by Crippen LogP contribution is -2.47. The van der Waals surface area contributed by atoms with Gasteiger partial charge in [0.2, 0.25) is 0 Å². The minimum absolute atomic E-state index is 0.0997. The average Bonchev–Trinajstić information content (AvgIpc) is 2.58. The quantitative estimate of drug-likeness (QED) is 0.869. The second-order valence-electron chi connectivity index (χ2n) is 6.05. The number of aryl methyl sites for hydroxylation is 1. The van der Waals surface area contributed by atoms with Crippen LogP contribution in [0, 0.1) is 6.92 Å². The lowest BCUT2D eigenvalue weighted by molar-refractivity contribution is -0.133. The van der Waals surface area contributed by atoms with E-state index >= 15 is 0 Å². The van der Waals surface area contributed by atoms with Crippen molar-refractivity contribution < 1.29 is 9.53 Å². The molecule has 0 radical (unpaired) electrons. The number of nitrogens with zero attached hydrogens (tertiary/aromatic N) is 1. The molecule has 1 N–H and O–H groups in total. The summed E-state index contributed by atoms with van der Waals surface area (Å²) in [6, 6.07) is 16.2. The molecule has 1 saturated heterocycles. The molecule has 2 aromatic rings. The molecular weight excluding hydrogens is 368 g/mol. The molecule has 126 valence electrons. The van der Waals surface area contributed by atoms with Crippen LogP contribution in [0.3, 0.4) is 0 Å². The van der Waals surface area contributed by atoms with E-state index in [-0.39, 0.29) is 5.91 Å². The number of halogens is 1. The monoisotopic (exact) mass is 388 g/mol. The predicted octanol–water partition coefficient (Wildman–Crippen LogP) is 3.60. The average molecular weight is 389 g/mol. The number of hydrogen-bond donors (Lipinski definition) is 1. The zero-order valence-electron chi connectivity index (χ0n) is 13.7. The summed E-state index contributed by atoms with van der Waals surface area (Å²) in [5, 5.41) is 2.95. The van der Waals surface area contributed by atoms with Crippen LogP contribution in [0.4, 0.5) is 5.69 Å². The van der Waals surface area contributed by atoms with Crippen LogP contribution in [0.15, 0.2) is 53.0 Å². The number of carbonyl (C=O) groups is 1. The van der Waals surface area contributed by atoms with Gasteiger partial charge in [-0.15, -0.1) is 0 Å². The molecule has 5 heteroatoms. The van der Waals surface area contributed by atoms with Crippen molar-refractivity contribution in [3.05, 3.63) is 64.1 Å². The van der Waals surface area contributed by atoms with Crippen molar-refractivity contribution >= 4 is 27.5 Å². The minimum Gasteiger partial charge on any atom is -0.366 e. The topological polar surface area (TPSA) is 41.6 Å². The second kappa shape index (κ2) is 7.92. The molecule has 0 aliphatic carbocycles. The lowest BCUT2D eigenvalue weighted by atomic mass is 10.1. The summed E-state index contributed by atoms with van der Waals surface area (Å²) in [6.07, 6.45) is -0.448. The Morgan fingerprint density at radius 1 is 1.29 bits per heavy atom. The van der Waals surface area contributed by atoms with Gasteiger partial charge < -0.3 is 10.1 Å². The fraction of sp³-hybridized carbons (Fsp3) is 0.316. The third-order valence-electron chi connectivity index (χ3n) is 4.07. The largest absolute Gasteiger partial charge is 0.366 e. The summed E-state index contributed by atoms with van der Waals surface area (Å²) in [5.74, 6) is -0.0997. The maximum atomic E-state index is 12.5. The third-order valence-corrected chi connectivity index (χ3v) is 4.73. The molecule has 4 nitrogen and oxygen atoms in total. The highest BCUT2D eigenvalue weighted by Gasteiger charge is 2.27. The van der Waals surface area contributed by atoms with Crippen LogP contribution in [0.1, 0.15) is 11.1 Å². The number of amides is 1. The van der Waals surface area contributed by atoms with Crippen molar-refractivity contribution in [2.24, 2.45) is 0 Å². The highest BCUT2D eigenvalue weighted by Crippen LogP contribution is 2.24. The van der Waals surface area contributed by atoms with Crippen LogP contribution in [0.25, 0.3) is 0 Å². The Hall–Kier alpha value is -1.69. The molecule has 3 rings (SSSR count). The molecule has 2 aromatic carbocycles. The summed E-state index contributed by atoms with van der Waals surface area (Å²) in [6.45, 7) is 4.86. The lowest BCUT2D eigenvalue weighted by Gasteiger charge is -2.32. The molecule has 0 spiro atoms. The van der Waals surface area contributed by atoms with Gasteiger partial charge in [-0.1, -0.05) is 36.4 Å². The van der Waals surface area contributed by atoms with Gasteiger partial charge in [0.05, 0.1) is 12.3 Å². The van der Waals surface area contributed by atoms with Gasteiger partial charge in [-0.2, -0.15) is 0 Å². The Morgan fingerprint density at radius 3 is 2.83 bits per heavy atom. The van der Waals surface area contributed by atoms with Crippen LogP contribution in [0.2, 0.25) is 0 Å². The molecule has 1 aliphatic heterocycles. The molecule has 1 heterocycles. The standard InChI is InChI=1S/C19H21BrN2O2/c1-14-7-8-17(16(20)11-14)21-19(23)18-13-22(9-10-24-18)12-15-5-3-2-4-6-15/h2-8,11,18H,9-10,12-13H2,1H3,(H,21,23). The predicted molar refractivity (Wildman–Crippen MR) is 99.0 cm³/mol. The van der Waals surface area contributed by atoms with Crippen molar-refractivity contribution in [3.8, 4) is 0 Å². The van der Waals surface area contributed by atoms with Gasteiger partial charge >= 0.3 is 0 Å². The zero-order valence-corrected chi connectivity index (χ0v) is 15.3. The van der Waals surface area contributed by atoms with Gasteiger partial charge in [0.25, 0.3) is 5.91 Å². The first-order valence-corrected chi connectivity index (χ1v) is 8.86. The van der Waals surface area contributed by atoms with Gasteiger partial charge in [-0.3, -0.25) is 9.69 Å². The molecular formula is C19H21BrN2O2. The van der Waals surface area contributed by atoms with Crippen molar-refractivity contribution in [3.63, 3.8) is 0 Å². The van der Waals surface area contributed by atoms with E-state index in [1.165, 1.54) is 5.56 Å². The molecule has 0 bridgehead atoms. The van der Waals surface area contributed by atoms with Crippen LogP contribution < -0.4 is 5.32 Å². The van der Waals surface area contributed by atoms with E-state index < -0.39 is 6.10 Å². The summed E-state index contributed by atoms with van der Waals surface area (Å²) >= 11 is 3.49. The summed E-state index contributed by atoms with van der Waals surface area (Å²) < 4.78 is 6.56. The molecule has 1 amide bonds. The van der Waals surface area contributed by atoms with Crippen LogP contribution in [0.5, 0.6) is 0 Å². The van der Waals surface area contributed by atoms with E-state index in [4.69, 9.17) is 4.74 Å². The van der Waals surface area contributed by atoms with Gasteiger partial charge in [0, 0.05) is 24.1 Å². The smallest absolute Gasteiger partial charge is 0.254 e. The zero-order chi connectivity index (χ0) is 16.9. The Labute approximate surface area is 150 Å². The number of hydrogen-bond acceptors (Lipinski definition) is 3. The molecule has 1 aliphatic rings. The van der Waals surface area contributed by atoms with Crippen LogP contribution in [-0.4, -0.2) is 36.6 Å². The van der Waals surface area contributed by atoms with Crippen molar-refractivity contribution in [1.82, 2.24) is 4.90 Å². The molecule has 0 saturated carbocycles. The Bertz CT molecular complexity index is 706. The van der Waals surface area contributed by atoms with Crippen molar-refractivity contribution in [1.29, 1.82) is 0 Å². The summed E-state index contributed by atoms with van der Waals surface area (Å²) in [7, 11) is 0. The van der Waals surface area contributed by atoms with Crippen LogP contribution >= 0.6 is 15.9 Å². The van der Waals surface area contributed by atoms with Gasteiger partial charge in [-0.05, 0) is 46.1 Å².